The molecule has 1 aromatic carbocycles. The Balaban J connectivity index is 0.00000441. The summed E-state index contributed by atoms with van der Waals surface area (Å²) in [5.74, 6) is -4.20. The summed E-state index contributed by atoms with van der Waals surface area (Å²) in [5, 5.41) is 8.42. The normalized spacial score (nSPS) is 14.5. The van der Waals surface area contributed by atoms with E-state index in [9.17, 15) is 35.1 Å². The maximum absolute atomic E-state index is 13.2. The average molecular weight is 360 g/mol. The molecule has 0 aromatic heterocycles. The molecular formula is C11H10ClF8NO. The fourth-order valence-corrected chi connectivity index (χ4v) is 1.58. The molecule has 1 rings (SSSR count). The van der Waals surface area contributed by atoms with Crippen LogP contribution in [0.4, 0.5) is 35.1 Å². The van der Waals surface area contributed by atoms with Crippen molar-refractivity contribution >= 4 is 12.4 Å². The molecule has 0 aliphatic heterocycles. The molecule has 2 nitrogen and oxygen atoms in total. The molecule has 0 saturated heterocycles. The Bertz CT molecular complexity index is 514. The van der Waals surface area contributed by atoms with Crippen LogP contribution in [-0.2, 0) is 12.4 Å². The van der Waals surface area contributed by atoms with Crippen molar-refractivity contribution in [3.8, 4) is 0 Å². The second-order valence-electron chi connectivity index (χ2n) is 4.19. The van der Waals surface area contributed by atoms with Crippen LogP contribution in [0.5, 0.6) is 0 Å². The lowest BCUT2D eigenvalue weighted by Crippen LogP contribution is -2.37. The first-order valence-corrected chi connectivity index (χ1v) is 5.33. The highest BCUT2D eigenvalue weighted by Crippen LogP contribution is 2.41. The quantitative estimate of drug-likeness (QED) is 0.807. The molecule has 0 spiro atoms. The van der Waals surface area contributed by atoms with Crippen LogP contribution in [-0.4, -0.2) is 17.6 Å². The molecule has 0 fully saturated rings. The molecular weight excluding hydrogens is 350 g/mol. The van der Waals surface area contributed by atoms with Gasteiger partial charge in [0.15, 0.2) is 0 Å². The van der Waals surface area contributed by atoms with Crippen LogP contribution in [0.25, 0.3) is 0 Å². The molecule has 0 amide bonds. The third-order valence-corrected chi connectivity index (χ3v) is 2.69. The number of hydrogen-bond donors (Lipinski definition) is 2. The maximum atomic E-state index is 13.2. The van der Waals surface area contributed by atoms with Gasteiger partial charge in [0.1, 0.15) is 6.61 Å². The first-order valence-electron chi connectivity index (χ1n) is 5.33. The summed E-state index contributed by atoms with van der Waals surface area (Å²) < 4.78 is 102. The van der Waals surface area contributed by atoms with Gasteiger partial charge in [-0.3, -0.25) is 0 Å². The van der Waals surface area contributed by atoms with Crippen molar-refractivity contribution in [2.75, 3.05) is 6.61 Å². The van der Waals surface area contributed by atoms with Gasteiger partial charge in [-0.25, -0.2) is 8.78 Å². The van der Waals surface area contributed by atoms with E-state index in [4.69, 9.17) is 10.8 Å². The summed E-state index contributed by atoms with van der Waals surface area (Å²) in [7, 11) is 0. The molecule has 0 aliphatic carbocycles. The molecule has 1 aromatic rings. The van der Waals surface area contributed by atoms with E-state index in [1.807, 2.05) is 0 Å². The second-order valence-corrected chi connectivity index (χ2v) is 4.19. The van der Waals surface area contributed by atoms with Crippen molar-refractivity contribution < 1.29 is 40.2 Å². The van der Waals surface area contributed by atoms with Gasteiger partial charge in [0.2, 0.25) is 0 Å². The van der Waals surface area contributed by atoms with Gasteiger partial charge in [0.05, 0.1) is 17.2 Å². The summed E-state index contributed by atoms with van der Waals surface area (Å²) in [5.41, 5.74) is 0.223. The SMILES string of the molecule is Cl.N[C@@H](c1cc(C(F)(F)F)ccc1C(F)(F)F)C(F)(F)CO. The molecule has 3 N–H and O–H groups in total. The zero-order valence-corrected chi connectivity index (χ0v) is 11.3. The number of hydrogen-bond acceptors (Lipinski definition) is 2. The van der Waals surface area contributed by atoms with Crippen molar-refractivity contribution in [1.29, 1.82) is 0 Å². The van der Waals surface area contributed by atoms with Gasteiger partial charge in [-0.15, -0.1) is 12.4 Å². The Labute approximate surface area is 125 Å². The van der Waals surface area contributed by atoms with Crippen molar-refractivity contribution in [2.45, 2.75) is 24.3 Å². The van der Waals surface area contributed by atoms with Gasteiger partial charge in [0.25, 0.3) is 5.92 Å². The minimum Gasteiger partial charge on any atom is -0.390 e. The smallest absolute Gasteiger partial charge is 0.390 e. The second kappa shape index (κ2) is 6.55. The number of alkyl halides is 8. The molecule has 0 heterocycles. The molecule has 0 saturated carbocycles. The number of aliphatic hydroxyl groups excluding tert-OH is 1. The van der Waals surface area contributed by atoms with Gasteiger partial charge in [-0.05, 0) is 23.8 Å². The lowest BCUT2D eigenvalue weighted by Gasteiger charge is -2.25. The maximum Gasteiger partial charge on any atom is 0.416 e. The number of rotatable bonds is 3. The number of nitrogens with two attached hydrogens (primary N) is 1. The molecule has 128 valence electrons. The van der Waals surface area contributed by atoms with E-state index >= 15 is 0 Å². The van der Waals surface area contributed by atoms with E-state index in [0.717, 1.165) is 0 Å². The Morgan fingerprint density at radius 3 is 1.82 bits per heavy atom. The number of halogens is 9. The lowest BCUT2D eigenvalue weighted by molar-refractivity contribution is -0.143. The van der Waals surface area contributed by atoms with Gasteiger partial charge in [-0.1, -0.05) is 0 Å². The third kappa shape index (κ3) is 4.43. The summed E-state index contributed by atoms with van der Waals surface area (Å²) in [6.45, 7) is -1.90. The summed E-state index contributed by atoms with van der Waals surface area (Å²) in [6.07, 6.45) is -10.2. The first kappa shape index (κ1) is 20.9. The largest absolute Gasteiger partial charge is 0.416 e. The van der Waals surface area contributed by atoms with Crippen molar-refractivity contribution in [2.24, 2.45) is 5.73 Å². The van der Waals surface area contributed by atoms with E-state index < -0.39 is 47.6 Å². The Kier molecular flexibility index (Phi) is 6.21. The highest BCUT2D eigenvalue weighted by Gasteiger charge is 2.44. The van der Waals surface area contributed by atoms with Crippen LogP contribution in [0, 0.1) is 0 Å². The fraction of sp³-hybridized carbons (Fsp3) is 0.455. The van der Waals surface area contributed by atoms with E-state index in [-0.39, 0.29) is 30.6 Å². The predicted molar refractivity (Wildman–Crippen MR) is 62.7 cm³/mol. The zero-order chi connectivity index (χ0) is 16.6. The topological polar surface area (TPSA) is 46.2 Å². The molecule has 0 radical (unpaired) electrons. The van der Waals surface area contributed by atoms with Crippen LogP contribution in [0.15, 0.2) is 18.2 Å². The third-order valence-electron chi connectivity index (χ3n) is 2.69. The first-order chi connectivity index (χ1) is 9.30. The van der Waals surface area contributed by atoms with Gasteiger partial charge >= 0.3 is 12.4 Å². The molecule has 11 heteroatoms. The monoisotopic (exact) mass is 359 g/mol. The molecule has 1 atom stereocenters. The Hall–Kier alpha value is -1.13. The lowest BCUT2D eigenvalue weighted by atomic mass is 9.94. The Morgan fingerprint density at radius 1 is 0.955 bits per heavy atom. The molecule has 22 heavy (non-hydrogen) atoms. The van der Waals surface area contributed by atoms with Gasteiger partial charge in [-0.2, -0.15) is 26.3 Å². The van der Waals surface area contributed by atoms with Gasteiger partial charge < -0.3 is 10.8 Å². The van der Waals surface area contributed by atoms with Crippen molar-refractivity contribution in [1.82, 2.24) is 0 Å². The van der Waals surface area contributed by atoms with Gasteiger partial charge in [0, 0.05) is 0 Å². The van der Waals surface area contributed by atoms with Crippen LogP contribution < -0.4 is 5.73 Å². The predicted octanol–water partition coefficient (Wildman–Crippen LogP) is 3.77. The zero-order valence-electron chi connectivity index (χ0n) is 10.5. The molecule has 0 unspecified atom stereocenters. The van der Waals surface area contributed by atoms with Crippen LogP contribution >= 0.6 is 12.4 Å². The average Bonchev–Trinajstić information content (AvgIpc) is 2.35. The highest BCUT2D eigenvalue weighted by atomic mass is 35.5. The summed E-state index contributed by atoms with van der Waals surface area (Å²) in [6, 6.07) is -2.67. The van der Waals surface area contributed by atoms with Crippen LogP contribution in [0.3, 0.4) is 0 Å². The van der Waals surface area contributed by atoms with E-state index in [0.29, 0.717) is 0 Å². The van der Waals surface area contributed by atoms with Crippen molar-refractivity contribution in [3.05, 3.63) is 34.9 Å². The number of benzene rings is 1. The number of aliphatic hydroxyl groups is 1. The molecule has 0 aliphatic rings. The fourth-order valence-electron chi connectivity index (χ4n) is 1.58. The van der Waals surface area contributed by atoms with Crippen molar-refractivity contribution in [3.63, 3.8) is 0 Å². The highest BCUT2D eigenvalue weighted by molar-refractivity contribution is 5.85. The molecule has 0 bridgehead atoms. The minimum atomic E-state index is -5.16. The van der Waals surface area contributed by atoms with Crippen LogP contribution in [0.2, 0.25) is 0 Å². The van der Waals surface area contributed by atoms with E-state index in [2.05, 4.69) is 0 Å². The summed E-state index contributed by atoms with van der Waals surface area (Å²) in [4.78, 5) is 0. The minimum absolute atomic E-state index is 0. The van der Waals surface area contributed by atoms with Crippen LogP contribution in [0.1, 0.15) is 22.7 Å². The van der Waals surface area contributed by atoms with E-state index in [1.54, 1.807) is 0 Å². The van der Waals surface area contributed by atoms with E-state index in [1.165, 1.54) is 0 Å². The Morgan fingerprint density at radius 2 is 1.45 bits per heavy atom. The standard InChI is InChI=1S/C11H9F8NO.ClH/c12-9(13,4-21)8(20)6-3-5(10(14,15)16)1-2-7(6)11(17,18)19;/h1-3,8,21H,4,20H2;1H/t8-;/m0./s1. The summed E-state index contributed by atoms with van der Waals surface area (Å²) >= 11 is 0.